The molecule has 3 rings (SSSR count). The highest BCUT2D eigenvalue weighted by atomic mass is 32.2. The maximum absolute atomic E-state index is 12.3. The molecule has 1 N–H and O–H groups in total. The average molecular weight is 342 g/mol. The van der Waals surface area contributed by atoms with Gasteiger partial charge in [-0.3, -0.25) is 14.9 Å². The third-order valence-electron chi connectivity index (χ3n) is 3.52. The molecule has 0 spiro atoms. The number of fused-ring (bicyclic) bond motifs is 1. The fraction of sp³-hybridized carbons (Fsp3) is 0.125. The van der Waals surface area contributed by atoms with Gasteiger partial charge in [0.15, 0.2) is 5.16 Å². The lowest BCUT2D eigenvalue weighted by Gasteiger charge is -2.16. The van der Waals surface area contributed by atoms with Crippen LogP contribution in [0, 0.1) is 10.1 Å². The molecule has 0 aliphatic carbocycles. The van der Waals surface area contributed by atoms with Crippen LogP contribution in [0.4, 0.5) is 11.4 Å². The molecule has 0 saturated carbocycles. The van der Waals surface area contributed by atoms with Crippen molar-refractivity contribution in [3.8, 4) is 0 Å². The minimum Gasteiger partial charge on any atom is -0.333 e. The number of hydrogen-bond donors (Lipinski definition) is 1. The van der Waals surface area contributed by atoms with Crippen molar-refractivity contribution in [2.24, 2.45) is 0 Å². The van der Waals surface area contributed by atoms with Gasteiger partial charge >= 0.3 is 0 Å². The second-order valence-corrected chi connectivity index (χ2v) is 6.04. The van der Waals surface area contributed by atoms with Crippen LogP contribution in [-0.2, 0) is 4.79 Å². The summed E-state index contributed by atoms with van der Waals surface area (Å²) in [5.41, 5.74) is 2.39. The zero-order valence-electron chi connectivity index (χ0n) is 12.8. The van der Waals surface area contributed by atoms with E-state index in [1.165, 1.54) is 28.8 Å². The predicted molar refractivity (Wildman–Crippen MR) is 93.3 cm³/mol. The Bertz CT molecular complexity index is 859. The first-order valence-corrected chi connectivity index (χ1v) is 8.12. The van der Waals surface area contributed by atoms with Crippen molar-refractivity contribution < 1.29 is 9.72 Å². The maximum atomic E-state index is 12.3. The highest BCUT2D eigenvalue weighted by molar-refractivity contribution is 7.99. The van der Waals surface area contributed by atoms with Crippen molar-refractivity contribution in [2.75, 3.05) is 17.7 Å². The molecule has 0 saturated heterocycles. The number of aromatic nitrogens is 2. The number of hydrogen-bond acceptors (Lipinski definition) is 5. The maximum Gasteiger partial charge on any atom is 0.269 e. The van der Waals surface area contributed by atoms with E-state index in [1.807, 2.05) is 24.3 Å². The van der Waals surface area contributed by atoms with E-state index < -0.39 is 4.92 Å². The molecule has 0 fully saturated rings. The third kappa shape index (κ3) is 3.38. The van der Waals surface area contributed by atoms with Crippen LogP contribution >= 0.6 is 11.8 Å². The molecule has 0 unspecified atom stereocenters. The lowest BCUT2D eigenvalue weighted by Crippen LogP contribution is -2.27. The first-order valence-electron chi connectivity index (χ1n) is 7.13. The smallest absolute Gasteiger partial charge is 0.269 e. The van der Waals surface area contributed by atoms with Crippen molar-refractivity contribution in [1.82, 2.24) is 9.97 Å². The Morgan fingerprint density at radius 3 is 2.62 bits per heavy atom. The van der Waals surface area contributed by atoms with Gasteiger partial charge in [-0.05, 0) is 24.3 Å². The molecular weight excluding hydrogens is 328 g/mol. The number of non-ortho nitro benzene ring substituents is 1. The second kappa shape index (κ2) is 6.71. The lowest BCUT2D eigenvalue weighted by atomic mass is 10.2. The van der Waals surface area contributed by atoms with Crippen molar-refractivity contribution in [1.29, 1.82) is 0 Å². The number of nitro groups is 1. The zero-order chi connectivity index (χ0) is 17.1. The van der Waals surface area contributed by atoms with Crippen LogP contribution in [0.15, 0.2) is 53.7 Å². The van der Waals surface area contributed by atoms with Gasteiger partial charge in [-0.15, -0.1) is 0 Å². The molecule has 0 bridgehead atoms. The van der Waals surface area contributed by atoms with E-state index in [9.17, 15) is 14.9 Å². The number of nitrogens with one attached hydrogen (secondary N) is 1. The summed E-state index contributed by atoms with van der Waals surface area (Å²) in [5.74, 6) is 0.0992. The molecular formula is C16H14N4O3S. The Morgan fingerprint density at radius 1 is 1.25 bits per heavy atom. The first kappa shape index (κ1) is 16.0. The summed E-state index contributed by atoms with van der Waals surface area (Å²) in [6, 6.07) is 13.5. The van der Waals surface area contributed by atoms with Crippen LogP contribution in [0.3, 0.4) is 0 Å². The van der Waals surface area contributed by atoms with Gasteiger partial charge in [-0.2, -0.15) is 0 Å². The largest absolute Gasteiger partial charge is 0.333 e. The number of nitrogens with zero attached hydrogens (tertiary/aromatic N) is 3. The summed E-state index contributed by atoms with van der Waals surface area (Å²) in [6.07, 6.45) is 0. The topological polar surface area (TPSA) is 92.1 Å². The summed E-state index contributed by atoms with van der Waals surface area (Å²) in [4.78, 5) is 31.5. The molecule has 1 amide bonds. The Morgan fingerprint density at radius 2 is 1.96 bits per heavy atom. The summed E-state index contributed by atoms with van der Waals surface area (Å²) in [5, 5.41) is 11.3. The molecule has 0 aliphatic heterocycles. The van der Waals surface area contributed by atoms with Crippen LogP contribution in [0.5, 0.6) is 0 Å². The van der Waals surface area contributed by atoms with Gasteiger partial charge in [-0.1, -0.05) is 23.9 Å². The van der Waals surface area contributed by atoms with Gasteiger partial charge in [0.05, 0.1) is 21.7 Å². The molecule has 1 aromatic heterocycles. The van der Waals surface area contributed by atoms with E-state index >= 15 is 0 Å². The lowest BCUT2D eigenvalue weighted by molar-refractivity contribution is -0.384. The highest BCUT2D eigenvalue weighted by Crippen LogP contribution is 2.22. The fourth-order valence-corrected chi connectivity index (χ4v) is 2.97. The SMILES string of the molecule is CN(C(=O)CSc1nc2ccccc2[nH]1)c1ccc([N+](=O)[O-])cc1. The van der Waals surface area contributed by atoms with Gasteiger partial charge in [-0.25, -0.2) is 4.98 Å². The Balaban J connectivity index is 1.64. The van der Waals surface area contributed by atoms with Crippen LogP contribution in [0.1, 0.15) is 0 Å². The van der Waals surface area contributed by atoms with E-state index in [1.54, 1.807) is 19.2 Å². The highest BCUT2D eigenvalue weighted by Gasteiger charge is 2.14. The molecule has 0 aliphatic rings. The van der Waals surface area contributed by atoms with Gasteiger partial charge < -0.3 is 9.88 Å². The number of H-pyrrole nitrogens is 1. The number of amides is 1. The number of carbonyl (C=O) groups is 1. The quantitative estimate of drug-likeness (QED) is 0.436. The molecule has 122 valence electrons. The summed E-state index contributed by atoms with van der Waals surface area (Å²) in [7, 11) is 1.64. The molecule has 24 heavy (non-hydrogen) atoms. The van der Waals surface area contributed by atoms with Crippen LogP contribution in [0.2, 0.25) is 0 Å². The zero-order valence-corrected chi connectivity index (χ0v) is 13.6. The predicted octanol–water partition coefficient (Wildman–Crippen LogP) is 3.23. The number of aromatic amines is 1. The normalized spacial score (nSPS) is 10.7. The minimum atomic E-state index is -0.469. The number of nitro benzene ring substituents is 1. The fourth-order valence-electron chi connectivity index (χ4n) is 2.17. The number of para-hydroxylation sites is 2. The number of benzene rings is 2. The van der Waals surface area contributed by atoms with Crippen LogP contribution in [0.25, 0.3) is 11.0 Å². The number of rotatable bonds is 5. The van der Waals surface area contributed by atoms with E-state index in [0.29, 0.717) is 10.8 Å². The van der Waals surface area contributed by atoms with Crippen molar-refractivity contribution in [3.63, 3.8) is 0 Å². The number of anilines is 1. The summed E-state index contributed by atoms with van der Waals surface area (Å²) < 4.78 is 0. The standard InChI is InChI=1S/C16H14N4O3S/c1-19(11-6-8-12(9-7-11)20(22)23)15(21)10-24-16-17-13-4-2-3-5-14(13)18-16/h2-9H,10H2,1H3,(H,17,18). The van der Waals surface area contributed by atoms with E-state index in [0.717, 1.165) is 11.0 Å². The van der Waals surface area contributed by atoms with E-state index in [4.69, 9.17) is 0 Å². The van der Waals surface area contributed by atoms with Crippen molar-refractivity contribution in [2.45, 2.75) is 5.16 Å². The Labute approximate surface area is 141 Å². The minimum absolute atomic E-state index is 0.00347. The van der Waals surface area contributed by atoms with E-state index in [2.05, 4.69) is 9.97 Å². The van der Waals surface area contributed by atoms with Gasteiger partial charge in [0, 0.05) is 24.9 Å². The number of imidazole rings is 1. The summed E-state index contributed by atoms with van der Waals surface area (Å²) >= 11 is 1.32. The molecule has 3 aromatic rings. The van der Waals surface area contributed by atoms with Crippen LogP contribution in [-0.4, -0.2) is 33.6 Å². The van der Waals surface area contributed by atoms with Gasteiger partial charge in [0.2, 0.25) is 5.91 Å². The molecule has 2 aromatic carbocycles. The van der Waals surface area contributed by atoms with Crippen LogP contribution < -0.4 is 4.90 Å². The summed E-state index contributed by atoms with van der Waals surface area (Å²) in [6.45, 7) is 0. The molecule has 7 nitrogen and oxygen atoms in total. The monoisotopic (exact) mass is 342 g/mol. The third-order valence-corrected chi connectivity index (χ3v) is 4.38. The average Bonchev–Trinajstić information content (AvgIpc) is 3.02. The number of carbonyl (C=O) groups excluding carboxylic acids is 1. The Hall–Kier alpha value is -2.87. The first-order chi connectivity index (χ1) is 11.5. The van der Waals surface area contributed by atoms with Crippen molar-refractivity contribution >= 4 is 40.1 Å². The van der Waals surface area contributed by atoms with Gasteiger partial charge in [0.25, 0.3) is 5.69 Å². The Kier molecular flexibility index (Phi) is 4.48. The molecule has 1 heterocycles. The molecule has 0 radical (unpaired) electrons. The molecule has 0 atom stereocenters. The van der Waals surface area contributed by atoms with E-state index in [-0.39, 0.29) is 17.3 Å². The van der Waals surface area contributed by atoms with Gasteiger partial charge in [0.1, 0.15) is 0 Å². The second-order valence-electron chi connectivity index (χ2n) is 5.07. The molecule has 8 heteroatoms. The van der Waals surface area contributed by atoms with Crippen molar-refractivity contribution in [3.05, 3.63) is 58.6 Å². The number of thioether (sulfide) groups is 1.